The Morgan fingerprint density at radius 2 is 2.06 bits per heavy atom. The van der Waals surface area contributed by atoms with Crippen molar-refractivity contribution in [2.75, 3.05) is 0 Å². The van der Waals surface area contributed by atoms with E-state index in [9.17, 15) is 9.50 Å². The molecule has 5 heteroatoms. The van der Waals surface area contributed by atoms with Crippen LogP contribution in [0, 0.1) is 5.82 Å². The Morgan fingerprint density at radius 1 is 1.33 bits per heavy atom. The summed E-state index contributed by atoms with van der Waals surface area (Å²) in [6.07, 6.45) is 1.79. The first kappa shape index (κ1) is 11.7. The maximum Gasteiger partial charge on any atom is 0.151 e. The number of halogens is 2. The number of rotatable bonds is 1. The zero-order chi connectivity index (χ0) is 12.7. The highest BCUT2D eigenvalue weighted by Crippen LogP contribution is 2.34. The molecule has 0 radical (unpaired) electrons. The average molecular weight is 267 g/mol. The molecule has 0 saturated heterocycles. The van der Waals surface area contributed by atoms with Gasteiger partial charge in [0.2, 0.25) is 0 Å². The maximum atomic E-state index is 12.9. The lowest BCUT2D eigenvalue weighted by atomic mass is 10.1. The molecule has 18 heavy (non-hydrogen) atoms. The van der Waals surface area contributed by atoms with Crippen LogP contribution in [0.25, 0.3) is 11.4 Å². The molecule has 1 aromatic heterocycles. The Bertz CT molecular complexity index is 579. The molecule has 0 aliphatic carbocycles. The molecule has 2 heterocycles. The summed E-state index contributed by atoms with van der Waals surface area (Å²) in [7, 11) is 0. The van der Waals surface area contributed by atoms with Crippen molar-refractivity contribution in [1.29, 1.82) is 0 Å². The van der Waals surface area contributed by atoms with Gasteiger partial charge in [0.05, 0.1) is 5.69 Å². The summed E-state index contributed by atoms with van der Waals surface area (Å²) < 4.78 is 14.7. The highest BCUT2D eigenvalue weighted by Gasteiger charge is 2.25. The van der Waals surface area contributed by atoms with E-state index in [0.29, 0.717) is 17.4 Å². The first-order valence-corrected chi connectivity index (χ1v) is 6.25. The van der Waals surface area contributed by atoms with Crippen molar-refractivity contribution in [2.24, 2.45) is 0 Å². The summed E-state index contributed by atoms with van der Waals surface area (Å²) in [4.78, 5) is 4.29. The fourth-order valence-electron chi connectivity index (χ4n) is 2.37. The first-order valence-electron chi connectivity index (χ1n) is 5.87. The Kier molecular flexibility index (Phi) is 2.84. The SMILES string of the molecule is OC1CCCc2c(Cl)nc(-c3ccc(F)cc3)n21. The molecule has 2 aromatic rings. The van der Waals surface area contributed by atoms with E-state index in [1.165, 1.54) is 12.1 Å². The average Bonchev–Trinajstić information content (AvgIpc) is 2.70. The second-order valence-electron chi connectivity index (χ2n) is 4.42. The van der Waals surface area contributed by atoms with Gasteiger partial charge in [-0.3, -0.25) is 0 Å². The van der Waals surface area contributed by atoms with Gasteiger partial charge in [0.25, 0.3) is 0 Å². The minimum atomic E-state index is -0.603. The standard InChI is InChI=1S/C13H12ClFN2O/c14-12-10-2-1-3-11(18)17(10)13(16-12)8-4-6-9(15)7-5-8/h4-7,11,18H,1-3H2. The third-order valence-electron chi connectivity index (χ3n) is 3.24. The quantitative estimate of drug-likeness (QED) is 0.861. The predicted octanol–water partition coefficient (Wildman–Crippen LogP) is 3.17. The third kappa shape index (κ3) is 1.82. The van der Waals surface area contributed by atoms with E-state index in [-0.39, 0.29) is 5.82 Å². The van der Waals surface area contributed by atoms with Crippen LogP contribution in [0.3, 0.4) is 0 Å². The molecule has 1 aliphatic heterocycles. The molecule has 0 saturated carbocycles. The second kappa shape index (κ2) is 4.37. The third-order valence-corrected chi connectivity index (χ3v) is 3.54. The zero-order valence-electron chi connectivity index (χ0n) is 9.61. The molecule has 1 aromatic carbocycles. The monoisotopic (exact) mass is 266 g/mol. The van der Waals surface area contributed by atoms with Crippen LogP contribution >= 0.6 is 11.6 Å². The van der Waals surface area contributed by atoms with E-state index in [1.807, 2.05) is 0 Å². The largest absolute Gasteiger partial charge is 0.373 e. The van der Waals surface area contributed by atoms with Crippen LogP contribution in [0.15, 0.2) is 24.3 Å². The van der Waals surface area contributed by atoms with Crippen LogP contribution < -0.4 is 0 Å². The van der Waals surface area contributed by atoms with Crippen molar-refractivity contribution in [3.63, 3.8) is 0 Å². The lowest BCUT2D eigenvalue weighted by molar-refractivity contribution is 0.0807. The van der Waals surface area contributed by atoms with Crippen LogP contribution in [0.2, 0.25) is 5.15 Å². The van der Waals surface area contributed by atoms with Crippen LogP contribution in [-0.2, 0) is 6.42 Å². The first-order chi connectivity index (χ1) is 8.66. The highest BCUT2D eigenvalue weighted by atomic mass is 35.5. The Hall–Kier alpha value is -1.39. The minimum absolute atomic E-state index is 0.296. The number of aliphatic hydroxyl groups is 1. The molecule has 94 valence electrons. The lowest BCUT2D eigenvalue weighted by Gasteiger charge is -2.22. The van der Waals surface area contributed by atoms with Crippen molar-refractivity contribution in [3.05, 3.63) is 40.9 Å². The van der Waals surface area contributed by atoms with E-state index >= 15 is 0 Å². The van der Waals surface area contributed by atoms with E-state index in [4.69, 9.17) is 11.6 Å². The normalized spacial score (nSPS) is 18.7. The van der Waals surface area contributed by atoms with E-state index < -0.39 is 6.23 Å². The molecular weight excluding hydrogens is 255 g/mol. The molecule has 3 rings (SSSR count). The summed E-state index contributed by atoms with van der Waals surface area (Å²) >= 11 is 6.09. The number of imidazole rings is 1. The summed E-state index contributed by atoms with van der Waals surface area (Å²) in [6.45, 7) is 0. The molecule has 1 unspecified atom stereocenters. The smallest absolute Gasteiger partial charge is 0.151 e. The predicted molar refractivity (Wildman–Crippen MR) is 66.8 cm³/mol. The van der Waals surface area contributed by atoms with Crippen LogP contribution in [-0.4, -0.2) is 14.7 Å². The minimum Gasteiger partial charge on any atom is -0.373 e. The summed E-state index contributed by atoms with van der Waals surface area (Å²) in [5.74, 6) is 0.304. The lowest BCUT2D eigenvalue weighted by Crippen LogP contribution is -2.17. The van der Waals surface area contributed by atoms with Crippen molar-refractivity contribution in [2.45, 2.75) is 25.5 Å². The molecule has 0 fully saturated rings. The van der Waals surface area contributed by atoms with E-state index in [0.717, 1.165) is 24.1 Å². The molecular formula is C13H12ClFN2O. The molecule has 1 atom stereocenters. The van der Waals surface area contributed by atoms with Crippen LogP contribution in [0.5, 0.6) is 0 Å². The highest BCUT2D eigenvalue weighted by molar-refractivity contribution is 6.30. The van der Waals surface area contributed by atoms with Gasteiger partial charge >= 0.3 is 0 Å². The van der Waals surface area contributed by atoms with Crippen molar-refractivity contribution in [1.82, 2.24) is 9.55 Å². The molecule has 0 amide bonds. The number of benzene rings is 1. The van der Waals surface area contributed by atoms with E-state index in [2.05, 4.69) is 4.98 Å². The van der Waals surface area contributed by atoms with E-state index in [1.54, 1.807) is 16.7 Å². The molecule has 0 bridgehead atoms. The van der Waals surface area contributed by atoms with Gasteiger partial charge in [0.1, 0.15) is 17.9 Å². The van der Waals surface area contributed by atoms with Gasteiger partial charge in [-0.2, -0.15) is 0 Å². The Labute approximate surface area is 109 Å². The number of hydrogen-bond acceptors (Lipinski definition) is 2. The molecule has 3 nitrogen and oxygen atoms in total. The van der Waals surface area contributed by atoms with Gasteiger partial charge in [-0.1, -0.05) is 11.6 Å². The topological polar surface area (TPSA) is 38.1 Å². The van der Waals surface area contributed by atoms with Gasteiger partial charge in [-0.25, -0.2) is 9.37 Å². The summed E-state index contributed by atoms with van der Waals surface area (Å²) in [6, 6.07) is 6.03. The van der Waals surface area contributed by atoms with Gasteiger partial charge in [-0.15, -0.1) is 0 Å². The number of aromatic nitrogens is 2. The summed E-state index contributed by atoms with van der Waals surface area (Å²) in [5.41, 5.74) is 1.61. The Morgan fingerprint density at radius 3 is 2.78 bits per heavy atom. The van der Waals surface area contributed by atoms with Gasteiger partial charge in [0, 0.05) is 5.56 Å². The molecule has 0 spiro atoms. The van der Waals surface area contributed by atoms with Crippen LogP contribution in [0.4, 0.5) is 4.39 Å². The van der Waals surface area contributed by atoms with Gasteiger partial charge in [0.15, 0.2) is 5.15 Å². The number of hydrogen-bond donors (Lipinski definition) is 1. The Balaban J connectivity index is 2.15. The summed E-state index contributed by atoms with van der Waals surface area (Å²) in [5, 5.41) is 10.5. The number of aliphatic hydroxyl groups excluding tert-OH is 1. The number of fused-ring (bicyclic) bond motifs is 1. The van der Waals surface area contributed by atoms with Gasteiger partial charge in [-0.05, 0) is 43.5 Å². The number of nitrogens with zero attached hydrogens (tertiary/aromatic N) is 2. The fraction of sp³-hybridized carbons (Fsp3) is 0.308. The maximum absolute atomic E-state index is 12.9. The fourth-order valence-corrected chi connectivity index (χ4v) is 2.63. The second-order valence-corrected chi connectivity index (χ2v) is 4.78. The van der Waals surface area contributed by atoms with Crippen molar-refractivity contribution < 1.29 is 9.50 Å². The van der Waals surface area contributed by atoms with Crippen LogP contribution in [0.1, 0.15) is 24.8 Å². The zero-order valence-corrected chi connectivity index (χ0v) is 10.4. The molecule has 1 N–H and O–H groups in total. The van der Waals surface area contributed by atoms with Crippen molar-refractivity contribution >= 4 is 11.6 Å². The molecule has 1 aliphatic rings. The van der Waals surface area contributed by atoms with Gasteiger partial charge < -0.3 is 9.67 Å². The van der Waals surface area contributed by atoms with Crippen molar-refractivity contribution in [3.8, 4) is 11.4 Å².